The van der Waals surface area contributed by atoms with Gasteiger partial charge in [-0.15, -0.1) is 0 Å². The third kappa shape index (κ3) is 4.79. The van der Waals surface area contributed by atoms with Crippen LogP contribution in [0.15, 0.2) is 66.1 Å². The van der Waals surface area contributed by atoms with Crippen LogP contribution in [0.2, 0.25) is 0 Å². The van der Waals surface area contributed by atoms with E-state index < -0.39 is 10.0 Å². The predicted octanol–water partition coefficient (Wildman–Crippen LogP) is 4.40. The molecule has 0 aliphatic heterocycles. The van der Waals surface area contributed by atoms with Crippen molar-refractivity contribution < 1.29 is 8.42 Å². The molecule has 2 rings (SSSR count). The highest BCUT2D eigenvalue weighted by Gasteiger charge is 2.23. The van der Waals surface area contributed by atoms with Crippen molar-refractivity contribution in [2.75, 3.05) is 0 Å². The van der Waals surface area contributed by atoms with Crippen LogP contribution in [0.3, 0.4) is 0 Å². The summed E-state index contributed by atoms with van der Waals surface area (Å²) >= 11 is 0. The molecule has 0 radical (unpaired) electrons. The number of hydrogen-bond acceptors (Lipinski definition) is 2. The van der Waals surface area contributed by atoms with Crippen molar-refractivity contribution in [1.29, 1.82) is 0 Å². The van der Waals surface area contributed by atoms with Crippen molar-refractivity contribution in [3.63, 3.8) is 0 Å². The van der Waals surface area contributed by atoms with Gasteiger partial charge in [0.15, 0.2) is 0 Å². The molecule has 1 atom stereocenters. The molecule has 0 saturated heterocycles. The van der Waals surface area contributed by atoms with Gasteiger partial charge in [-0.25, -0.2) is 13.1 Å². The second kappa shape index (κ2) is 7.77. The van der Waals surface area contributed by atoms with Crippen molar-refractivity contribution in [2.45, 2.75) is 38.1 Å². The highest BCUT2D eigenvalue weighted by molar-refractivity contribution is 7.89. The lowest BCUT2D eigenvalue weighted by atomic mass is 9.94. The molecule has 0 spiro atoms. The lowest BCUT2D eigenvalue weighted by molar-refractivity contribution is 0.455. The fourth-order valence-corrected chi connectivity index (χ4v) is 3.84. The van der Waals surface area contributed by atoms with E-state index in [9.17, 15) is 8.42 Å². The topological polar surface area (TPSA) is 46.2 Å². The van der Waals surface area contributed by atoms with Crippen molar-refractivity contribution in [2.24, 2.45) is 5.92 Å². The maximum absolute atomic E-state index is 12.6. The van der Waals surface area contributed by atoms with Crippen LogP contribution in [0.5, 0.6) is 0 Å². The lowest BCUT2D eigenvalue weighted by Crippen LogP contribution is -2.38. The SMILES string of the molecule is C=C(CC(NS(=O)(=O)c1ccc(C)cc1)C(C)C)c1ccccc1. The predicted molar refractivity (Wildman–Crippen MR) is 100 cm³/mol. The van der Waals surface area contributed by atoms with Gasteiger partial charge in [-0.05, 0) is 42.5 Å². The quantitative estimate of drug-likeness (QED) is 0.810. The van der Waals surface area contributed by atoms with Gasteiger partial charge in [-0.1, -0.05) is 68.5 Å². The molecule has 4 heteroatoms. The molecule has 0 bridgehead atoms. The summed E-state index contributed by atoms with van der Waals surface area (Å²) in [6, 6.07) is 16.6. The smallest absolute Gasteiger partial charge is 0.207 e. The number of hydrogen-bond donors (Lipinski definition) is 1. The molecule has 128 valence electrons. The van der Waals surface area contributed by atoms with E-state index in [4.69, 9.17) is 0 Å². The summed E-state index contributed by atoms with van der Waals surface area (Å²) in [7, 11) is -3.54. The van der Waals surface area contributed by atoms with Crippen molar-refractivity contribution in [3.8, 4) is 0 Å². The van der Waals surface area contributed by atoms with Crippen LogP contribution in [0.25, 0.3) is 5.57 Å². The molecule has 2 aromatic carbocycles. The van der Waals surface area contributed by atoms with Crippen LogP contribution in [0.1, 0.15) is 31.4 Å². The lowest BCUT2D eigenvalue weighted by Gasteiger charge is -2.23. The first-order valence-electron chi connectivity index (χ1n) is 8.12. The van der Waals surface area contributed by atoms with Gasteiger partial charge in [-0.2, -0.15) is 0 Å². The van der Waals surface area contributed by atoms with E-state index in [0.717, 1.165) is 16.7 Å². The molecule has 3 nitrogen and oxygen atoms in total. The van der Waals surface area contributed by atoms with E-state index in [-0.39, 0.29) is 12.0 Å². The van der Waals surface area contributed by atoms with Crippen LogP contribution in [0, 0.1) is 12.8 Å². The Hall–Kier alpha value is -1.91. The molecule has 0 saturated carbocycles. The molecule has 0 heterocycles. The Balaban J connectivity index is 2.16. The molecule has 24 heavy (non-hydrogen) atoms. The summed E-state index contributed by atoms with van der Waals surface area (Å²) in [5.41, 5.74) is 3.01. The van der Waals surface area contributed by atoms with E-state index >= 15 is 0 Å². The van der Waals surface area contributed by atoms with Crippen LogP contribution in [0.4, 0.5) is 0 Å². The van der Waals surface area contributed by atoms with Gasteiger partial charge in [0.25, 0.3) is 0 Å². The first-order chi connectivity index (χ1) is 11.3. The molecule has 0 amide bonds. The second-order valence-corrected chi connectivity index (χ2v) is 8.17. The minimum Gasteiger partial charge on any atom is -0.207 e. The zero-order chi connectivity index (χ0) is 17.7. The average Bonchev–Trinajstić information content (AvgIpc) is 2.55. The summed E-state index contributed by atoms with van der Waals surface area (Å²) < 4.78 is 28.1. The molecule has 2 aromatic rings. The Morgan fingerprint density at radius 2 is 1.62 bits per heavy atom. The van der Waals surface area contributed by atoms with Gasteiger partial charge < -0.3 is 0 Å². The summed E-state index contributed by atoms with van der Waals surface area (Å²) in [5.74, 6) is 0.158. The maximum atomic E-state index is 12.6. The van der Waals surface area contributed by atoms with Crippen LogP contribution >= 0.6 is 0 Å². The molecule has 1 unspecified atom stereocenters. The minimum absolute atomic E-state index is 0.158. The fourth-order valence-electron chi connectivity index (χ4n) is 2.46. The minimum atomic E-state index is -3.54. The van der Waals surface area contributed by atoms with Crippen molar-refractivity contribution in [3.05, 3.63) is 72.3 Å². The maximum Gasteiger partial charge on any atom is 0.240 e. The average molecular weight is 343 g/mol. The highest BCUT2D eigenvalue weighted by Crippen LogP contribution is 2.22. The summed E-state index contributed by atoms with van der Waals surface area (Å²) in [5, 5.41) is 0. The third-order valence-corrected chi connectivity index (χ3v) is 5.60. The van der Waals surface area contributed by atoms with E-state index in [0.29, 0.717) is 11.3 Å². The van der Waals surface area contributed by atoms with Crippen LogP contribution in [-0.4, -0.2) is 14.5 Å². The number of benzene rings is 2. The van der Waals surface area contributed by atoms with E-state index in [1.165, 1.54) is 0 Å². The van der Waals surface area contributed by atoms with Gasteiger partial charge in [0, 0.05) is 6.04 Å². The van der Waals surface area contributed by atoms with Gasteiger partial charge in [0.1, 0.15) is 0 Å². The fraction of sp³-hybridized carbons (Fsp3) is 0.300. The van der Waals surface area contributed by atoms with E-state index in [1.54, 1.807) is 12.1 Å². The summed E-state index contributed by atoms with van der Waals surface area (Å²) in [6.07, 6.45) is 0.576. The first-order valence-corrected chi connectivity index (χ1v) is 9.60. The number of nitrogens with one attached hydrogen (secondary N) is 1. The first kappa shape index (κ1) is 18.4. The van der Waals surface area contributed by atoms with E-state index in [1.807, 2.05) is 63.2 Å². The molecule has 1 N–H and O–H groups in total. The van der Waals surface area contributed by atoms with Gasteiger partial charge >= 0.3 is 0 Å². The standard InChI is InChI=1S/C20H25NO2S/c1-15(2)20(14-17(4)18-8-6-5-7-9-18)21-24(22,23)19-12-10-16(3)11-13-19/h5-13,15,20-21H,4,14H2,1-3H3. The van der Waals surface area contributed by atoms with Gasteiger partial charge in [-0.3, -0.25) is 0 Å². The Bertz CT molecular complexity index is 778. The molecule has 0 aliphatic rings. The third-order valence-electron chi connectivity index (χ3n) is 4.09. The van der Waals surface area contributed by atoms with Gasteiger partial charge in [0.2, 0.25) is 10.0 Å². The Labute approximate surface area is 145 Å². The van der Waals surface area contributed by atoms with E-state index in [2.05, 4.69) is 11.3 Å². The largest absolute Gasteiger partial charge is 0.240 e. The monoisotopic (exact) mass is 343 g/mol. The number of aryl methyl sites for hydroxylation is 1. The van der Waals surface area contributed by atoms with Crippen molar-refractivity contribution >= 4 is 15.6 Å². The molecule has 0 fully saturated rings. The Morgan fingerprint density at radius 1 is 1.04 bits per heavy atom. The molecule has 0 aromatic heterocycles. The summed E-state index contributed by atoms with van der Waals surface area (Å²) in [6.45, 7) is 10.1. The molecular weight excluding hydrogens is 318 g/mol. The second-order valence-electron chi connectivity index (χ2n) is 6.46. The van der Waals surface area contributed by atoms with Gasteiger partial charge in [0.05, 0.1) is 4.90 Å². The van der Waals surface area contributed by atoms with Crippen LogP contribution < -0.4 is 4.72 Å². The normalized spacial score (nSPS) is 13.0. The molecule has 0 aliphatic carbocycles. The number of rotatable bonds is 7. The molecular formula is C20H25NO2S. The summed E-state index contributed by atoms with van der Waals surface area (Å²) in [4.78, 5) is 0.295. The zero-order valence-electron chi connectivity index (χ0n) is 14.5. The highest BCUT2D eigenvalue weighted by atomic mass is 32.2. The zero-order valence-corrected chi connectivity index (χ0v) is 15.3. The number of sulfonamides is 1. The Morgan fingerprint density at radius 3 is 2.17 bits per heavy atom. The van der Waals surface area contributed by atoms with Crippen LogP contribution in [-0.2, 0) is 10.0 Å². The Kier molecular flexibility index (Phi) is 5.97. The van der Waals surface area contributed by atoms with Crippen molar-refractivity contribution in [1.82, 2.24) is 4.72 Å².